The number of halogens is 6. The first kappa shape index (κ1) is 35.4. The molecule has 1 amide bonds. The molecule has 6 heterocycles. The first-order chi connectivity index (χ1) is 24.9. The second kappa shape index (κ2) is 13.8. The molecule has 11 nitrogen and oxygen atoms in total. The lowest BCUT2D eigenvalue weighted by Crippen LogP contribution is -2.55. The number of alkyl halides is 4. The molecule has 3 aliphatic rings. The fourth-order valence-electron chi connectivity index (χ4n) is 7.38. The highest BCUT2D eigenvalue weighted by Gasteiger charge is 2.49. The molecule has 0 spiro atoms. The van der Waals surface area contributed by atoms with E-state index in [0.29, 0.717) is 13.0 Å². The van der Waals surface area contributed by atoms with Gasteiger partial charge in [0.15, 0.2) is 11.6 Å². The van der Waals surface area contributed by atoms with Crippen LogP contribution in [0.3, 0.4) is 0 Å². The molecule has 52 heavy (non-hydrogen) atoms. The summed E-state index contributed by atoms with van der Waals surface area (Å²) in [6, 6.07) is 3.65. The number of piperazine rings is 1. The predicted octanol–water partition coefficient (Wildman–Crippen LogP) is 5.79. The van der Waals surface area contributed by atoms with Gasteiger partial charge in [0.25, 0.3) is 5.91 Å². The number of thiazole rings is 1. The molecule has 0 unspecified atom stereocenters. The average Bonchev–Trinajstić information content (AvgIpc) is 3.83. The van der Waals surface area contributed by atoms with Gasteiger partial charge in [-0.05, 0) is 37.6 Å². The summed E-state index contributed by atoms with van der Waals surface area (Å²) in [5, 5.41) is 11.6. The first-order valence-corrected chi connectivity index (χ1v) is 17.3. The van der Waals surface area contributed by atoms with Crippen molar-refractivity contribution in [3.05, 3.63) is 58.2 Å². The number of rotatable bonds is 8. The molecule has 0 saturated carbocycles. The molecule has 3 fully saturated rings. The maximum atomic E-state index is 16.6. The van der Waals surface area contributed by atoms with E-state index >= 15 is 8.78 Å². The summed E-state index contributed by atoms with van der Waals surface area (Å²) >= 11 is 1.14. The molecule has 3 saturated heterocycles. The molecule has 0 bridgehead atoms. The number of nitrogens with two attached hydrogens (primary N) is 1. The van der Waals surface area contributed by atoms with Gasteiger partial charge in [-0.3, -0.25) is 14.7 Å². The van der Waals surface area contributed by atoms with Crippen LogP contribution in [0.25, 0.3) is 28.2 Å². The number of nitrogen functional groups attached to an aromatic ring is 1. The zero-order valence-electron chi connectivity index (χ0n) is 27.4. The Bertz CT molecular complexity index is 2070. The van der Waals surface area contributed by atoms with E-state index in [2.05, 4.69) is 19.9 Å². The Kier molecular flexibility index (Phi) is 9.42. The predicted molar refractivity (Wildman–Crippen MR) is 180 cm³/mol. The van der Waals surface area contributed by atoms with Gasteiger partial charge in [0.05, 0.1) is 35.0 Å². The van der Waals surface area contributed by atoms with E-state index in [1.165, 1.54) is 11.1 Å². The van der Waals surface area contributed by atoms with Gasteiger partial charge in [0.1, 0.15) is 34.8 Å². The van der Waals surface area contributed by atoms with Crippen molar-refractivity contribution in [1.82, 2.24) is 29.7 Å². The van der Waals surface area contributed by atoms with Crippen molar-refractivity contribution < 1.29 is 35.9 Å². The average molecular weight is 744 g/mol. The van der Waals surface area contributed by atoms with Crippen molar-refractivity contribution in [2.75, 3.05) is 50.0 Å². The number of carbonyl (C=O) groups is 1. The number of hydrogen-bond donors (Lipinski definition) is 1. The van der Waals surface area contributed by atoms with Crippen LogP contribution in [0.1, 0.15) is 36.3 Å². The summed E-state index contributed by atoms with van der Waals surface area (Å²) in [5.74, 6) is -3.11. The van der Waals surface area contributed by atoms with Gasteiger partial charge in [0.2, 0.25) is 0 Å². The van der Waals surface area contributed by atoms with Crippen LogP contribution in [-0.4, -0.2) is 92.7 Å². The number of benzene rings is 1. The van der Waals surface area contributed by atoms with Crippen molar-refractivity contribution in [3.8, 4) is 23.3 Å². The number of nitrogens with zero attached hydrogens (tertiary/aromatic N) is 8. The first-order valence-electron chi connectivity index (χ1n) is 16.4. The van der Waals surface area contributed by atoms with Crippen LogP contribution in [-0.2, 0) is 11.0 Å². The van der Waals surface area contributed by atoms with Crippen molar-refractivity contribution in [3.63, 3.8) is 0 Å². The van der Waals surface area contributed by atoms with Crippen LogP contribution >= 0.6 is 11.3 Å². The Hall–Kier alpha value is -5.02. The van der Waals surface area contributed by atoms with Crippen LogP contribution in [0, 0.1) is 17.1 Å². The third-order valence-electron chi connectivity index (χ3n) is 9.75. The topological polar surface area (TPSA) is 137 Å². The van der Waals surface area contributed by atoms with Crippen LogP contribution in [0.2, 0.25) is 0 Å². The maximum absolute atomic E-state index is 16.6. The van der Waals surface area contributed by atoms with Crippen LogP contribution in [0.4, 0.5) is 37.8 Å². The Morgan fingerprint density at radius 2 is 2.02 bits per heavy atom. The van der Waals surface area contributed by atoms with E-state index in [-0.39, 0.29) is 73.5 Å². The number of carbonyl (C=O) groups excluding carboxylic acids is 1. The zero-order chi connectivity index (χ0) is 36.8. The van der Waals surface area contributed by atoms with Gasteiger partial charge < -0.3 is 20.3 Å². The molecular weight excluding hydrogens is 712 g/mol. The molecule has 7 rings (SSSR count). The Morgan fingerprint density at radius 3 is 2.77 bits per heavy atom. The lowest BCUT2D eigenvalue weighted by atomic mass is 9.95. The molecule has 2 N–H and O–H groups in total. The molecule has 3 aromatic heterocycles. The Balaban J connectivity index is 1.28. The van der Waals surface area contributed by atoms with Crippen LogP contribution in [0.15, 0.2) is 41.8 Å². The third-order valence-corrected chi connectivity index (χ3v) is 10.5. The maximum Gasteiger partial charge on any atom is 0.417 e. The minimum atomic E-state index is -4.86. The Labute approximate surface area is 297 Å². The van der Waals surface area contributed by atoms with Gasteiger partial charge in [0, 0.05) is 67.7 Å². The van der Waals surface area contributed by atoms with E-state index in [1.807, 2.05) is 11.0 Å². The van der Waals surface area contributed by atoms with Gasteiger partial charge in [-0.25, -0.2) is 18.2 Å². The van der Waals surface area contributed by atoms with E-state index in [4.69, 9.17) is 10.5 Å². The van der Waals surface area contributed by atoms with E-state index < -0.39 is 63.8 Å². The molecule has 0 radical (unpaired) electrons. The monoisotopic (exact) mass is 743 g/mol. The lowest BCUT2D eigenvalue weighted by Gasteiger charge is -2.41. The summed E-state index contributed by atoms with van der Waals surface area (Å²) < 4.78 is 94.3. The quantitative estimate of drug-likeness (QED) is 0.134. The number of anilines is 2. The zero-order valence-corrected chi connectivity index (χ0v) is 28.2. The fourth-order valence-corrected chi connectivity index (χ4v) is 7.93. The van der Waals surface area contributed by atoms with Gasteiger partial charge in [-0.15, -0.1) is 11.3 Å². The molecule has 3 atom stereocenters. The second-order valence-electron chi connectivity index (χ2n) is 13.0. The van der Waals surface area contributed by atoms with Crippen LogP contribution < -0.4 is 15.4 Å². The molecule has 272 valence electrons. The molecule has 3 aliphatic heterocycles. The lowest BCUT2D eigenvalue weighted by molar-refractivity contribution is -0.137. The molecule has 1 aromatic carbocycles. The largest absolute Gasteiger partial charge is 0.461 e. The Morgan fingerprint density at radius 1 is 1.19 bits per heavy atom. The highest BCUT2D eigenvalue weighted by molar-refractivity contribution is 7.10. The summed E-state index contributed by atoms with van der Waals surface area (Å²) in [7, 11) is 0. The van der Waals surface area contributed by atoms with E-state index in [0.717, 1.165) is 48.2 Å². The number of ether oxygens (including phenoxy) is 1. The normalized spacial score (nSPS) is 22.5. The third kappa shape index (κ3) is 6.70. The highest BCUT2D eigenvalue weighted by Crippen LogP contribution is 2.42. The van der Waals surface area contributed by atoms with Gasteiger partial charge in [-0.1, -0.05) is 0 Å². The van der Waals surface area contributed by atoms with Gasteiger partial charge >= 0.3 is 12.2 Å². The number of fused-ring (bicyclic) bond motifs is 2. The number of amides is 1. The second-order valence-corrected chi connectivity index (χ2v) is 13.9. The standard InChI is InChI=1S/C34H31F6N9O2S/c35-19-14-33(5-1-8-48(33)16-19)18-51-32-45-29-23(15-44-28(27(29)37)22-12-20(42)2-3-24(22)34(38,39)40)30(46-32)47-9-10-49(21(17-47)4-6-41)31(50)25(36)13-26-43-7-11-52-26/h2-3,7,11-13,15,19,21H,1,4-5,8-10,14,16-18,42H2/b25-13-/t19-,21+,33+/m1/s1. The van der Waals surface area contributed by atoms with Crippen molar-refractivity contribution in [1.29, 1.82) is 5.26 Å². The number of nitriles is 1. The van der Waals surface area contributed by atoms with Crippen molar-refractivity contribution >= 4 is 45.7 Å². The summed E-state index contributed by atoms with van der Waals surface area (Å²) in [6.07, 6.45) is -0.760. The summed E-state index contributed by atoms with van der Waals surface area (Å²) in [4.78, 5) is 35.0. The highest BCUT2D eigenvalue weighted by atomic mass is 32.1. The minimum Gasteiger partial charge on any atom is -0.461 e. The van der Waals surface area contributed by atoms with Gasteiger partial charge in [-0.2, -0.15) is 28.4 Å². The van der Waals surface area contributed by atoms with E-state index in [1.54, 1.807) is 10.3 Å². The molecule has 0 aliphatic carbocycles. The molecule has 4 aromatic rings. The van der Waals surface area contributed by atoms with Crippen LogP contribution in [0.5, 0.6) is 6.01 Å². The smallest absolute Gasteiger partial charge is 0.417 e. The SMILES string of the molecule is N#CC[C@H]1CN(c2nc(OC[C@@]34CCCN3C[C@H](F)C4)nc3c(F)c(-c4cc(N)ccc4C(F)(F)F)ncc23)CCN1C(=O)/C(F)=C/c1nccs1. The van der Waals surface area contributed by atoms with Crippen molar-refractivity contribution in [2.45, 2.75) is 49.6 Å². The number of aromatic nitrogens is 4. The molecule has 18 heteroatoms. The summed E-state index contributed by atoms with van der Waals surface area (Å²) in [5.41, 5.74) is 2.34. The number of hydrogen-bond acceptors (Lipinski definition) is 11. The number of pyridine rings is 1. The fraction of sp³-hybridized carbons (Fsp3) is 0.412. The summed E-state index contributed by atoms with van der Waals surface area (Å²) in [6.45, 7) is 0.849. The van der Waals surface area contributed by atoms with E-state index in [9.17, 15) is 27.6 Å². The minimum absolute atomic E-state index is 0.0155. The van der Waals surface area contributed by atoms with Crippen molar-refractivity contribution in [2.24, 2.45) is 0 Å². The molecular formula is C34H31F6N9O2S.